The van der Waals surface area contributed by atoms with E-state index in [1.54, 1.807) is 6.07 Å². The Bertz CT molecular complexity index is 522. The predicted octanol–water partition coefficient (Wildman–Crippen LogP) is 3.52. The van der Waals surface area contributed by atoms with E-state index in [1.165, 1.54) is 6.07 Å². The zero-order chi connectivity index (χ0) is 15.3. The molecule has 1 aromatic rings. The Morgan fingerprint density at radius 3 is 2.76 bits per heavy atom. The van der Waals surface area contributed by atoms with E-state index < -0.39 is 11.7 Å². The average Bonchev–Trinajstić information content (AvgIpc) is 2.47. The standard InChI is InChI=1S/C16H18F3NO/c17-16(18,19)13-7-3-5-12(11-13)6-4-9-15(21)14-8-1-2-10-20-14/h1-3,5,7,11,14,20H,4,6,8-10H2. The van der Waals surface area contributed by atoms with Crippen LogP contribution in [0.3, 0.4) is 0 Å². The van der Waals surface area contributed by atoms with E-state index in [-0.39, 0.29) is 11.8 Å². The largest absolute Gasteiger partial charge is 0.416 e. The number of hydrogen-bond donors (Lipinski definition) is 1. The van der Waals surface area contributed by atoms with E-state index in [4.69, 9.17) is 0 Å². The number of ketones is 1. The van der Waals surface area contributed by atoms with Gasteiger partial charge in [-0.25, -0.2) is 0 Å². The molecular formula is C16H18F3NO. The summed E-state index contributed by atoms with van der Waals surface area (Å²) < 4.78 is 37.8. The lowest BCUT2D eigenvalue weighted by Crippen LogP contribution is -2.38. The molecule has 0 bridgehead atoms. The smallest absolute Gasteiger partial charge is 0.304 e. The Kier molecular flexibility index (Phi) is 5.17. The van der Waals surface area contributed by atoms with E-state index in [0.29, 0.717) is 37.8 Å². The van der Waals surface area contributed by atoms with Gasteiger partial charge in [-0.1, -0.05) is 30.4 Å². The second-order valence-electron chi connectivity index (χ2n) is 5.19. The molecule has 114 valence electrons. The first-order chi connectivity index (χ1) is 9.97. The van der Waals surface area contributed by atoms with E-state index in [0.717, 1.165) is 12.1 Å². The molecule has 0 amide bonds. The van der Waals surface area contributed by atoms with Crippen LogP contribution in [0.5, 0.6) is 0 Å². The van der Waals surface area contributed by atoms with Gasteiger partial charge in [0.15, 0.2) is 0 Å². The van der Waals surface area contributed by atoms with Gasteiger partial charge >= 0.3 is 6.18 Å². The molecular weight excluding hydrogens is 279 g/mol. The third kappa shape index (κ3) is 4.70. The highest BCUT2D eigenvalue weighted by Gasteiger charge is 2.30. The van der Waals surface area contributed by atoms with Crippen molar-refractivity contribution in [3.05, 3.63) is 47.5 Å². The lowest BCUT2D eigenvalue weighted by Gasteiger charge is -2.18. The Morgan fingerprint density at radius 1 is 1.29 bits per heavy atom. The molecule has 2 rings (SSSR count). The quantitative estimate of drug-likeness (QED) is 0.843. The average molecular weight is 297 g/mol. The Hall–Kier alpha value is -1.62. The molecule has 1 aliphatic rings. The molecule has 1 heterocycles. The number of carbonyl (C=O) groups is 1. The monoisotopic (exact) mass is 297 g/mol. The number of alkyl halides is 3. The van der Waals surface area contributed by atoms with E-state index in [9.17, 15) is 18.0 Å². The fourth-order valence-corrected chi connectivity index (χ4v) is 2.40. The summed E-state index contributed by atoms with van der Waals surface area (Å²) in [7, 11) is 0. The van der Waals surface area contributed by atoms with Crippen molar-refractivity contribution in [2.75, 3.05) is 6.54 Å². The number of Topliss-reactive ketones (excluding diaryl/α,β-unsaturated/α-hetero) is 1. The first-order valence-corrected chi connectivity index (χ1v) is 7.04. The summed E-state index contributed by atoms with van der Waals surface area (Å²) in [5.74, 6) is 0.131. The van der Waals surface area contributed by atoms with Crippen LogP contribution in [-0.2, 0) is 17.4 Å². The number of nitrogens with one attached hydrogen (secondary N) is 1. The molecule has 5 heteroatoms. The van der Waals surface area contributed by atoms with Gasteiger partial charge in [0, 0.05) is 13.0 Å². The van der Waals surface area contributed by atoms with Gasteiger partial charge in [-0.05, 0) is 30.9 Å². The molecule has 2 nitrogen and oxygen atoms in total. The van der Waals surface area contributed by atoms with Crippen molar-refractivity contribution in [2.45, 2.75) is 37.9 Å². The summed E-state index contributed by atoms with van der Waals surface area (Å²) in [5, 5.41) is 3.11. The molecule has 1 N–H and O–H groups in total. The highest BCUT2D eigenvalue weighted by atomic mass is 19.4. The normalized spacial score (nSPS) is 18.7. The second-order valence-corrected chi connectivity index (χ2v) is 5.19. The number of rotatable bonds is 5. The molecule has 0 aromatic heterocycles. The maximum atomic E-state index is 12.6. The molecule has 0 saturated heterocycles. The molecule has 1 unspecified atom stereocenters. The Labute approximate surface area is 122 Å². The molecule has 1 aliphatic heterocycles. The van der Waals surface area contributed by atoms with Crippen LogP contribution in [0.1, 0.15) is 30.4 Å². The summed E-state index contributed by atoms with van der Waals surface area (Å²) in [4.78, 5) is 11.9. The molecule has 0 radical (unpaired) electrons. The summed E-state index contributed by atoms with van der Waals surface area (Å²) in [5.41, 5.74) is -0.0143. The molecule has 0 saturated carbocycles. The van der Waals surface area contributed by atoms with Crippen molar-refractivity contribution in [3.8, 4) is 0 Å². The van der Waals surface area contributed by atoms with Crippen LogP contribution in [0.15, 0.2) is 36.4 Å². The lowest BCUT2D eigenvalue weighted by atomic mass is 9.99. The van der Waals surface area contributed by atoms with Crippen LogP contribution in [-0.4, -0.2) is 18.4 Å². The maximum absolute atomic E-state index is 12.6. The van der Waals surface area contributed by atoms with E-state index in [2.05, 4.69) is 5.32 Å². The van der Waals surface area contributed by atoms with Crippen molar-refractivity contribution >= 4 is 5.78 Å². The minimum Gasteiger partial charge on any atom is -0.304 e. The van der Waals surface area contributed by atoms with Gasteiger partial charge in [-0.3, -0.25) is 4.79 Å². The van der Waals surface area contributed by atoms with Crippen LogP contribution in [0.4, 0.5) is 13.2 Å². The fraction of sp³-hybridized carbons (Fsp3) is 0.438. The molecule has 0 fully saturated rings. The first kappa shape index (κ1) is 15.8. The lowest BCUT2D eigenvalue weighted by molar-refractivity contribution is -0.137. The Balaban J connectivity index is 1.83. The van der Waals surface area contributed by atoms with Gasteiger partial charge in [0.2, 0.25) is 0 Å². The van der Waals surface area contributed by atoms with E-state index >= 15 is 0 Å². The Morgan fingerprint density at radius 2 is 2.10 bits per heavy atom. The van der Waals surface area contributed by atoms with Crippen LogP contribution in [0, 0.1) is 0 Å². The number of halogens is 3. The zero-order valence-corrected chi connectivity index (χ0v) is 11.6. The SMILES string of the molecule is O=C(CCCc1cccc(C(F)(F)F)c1)C1CC=CCN1. The van der Waals surface area contributed by atoms with Crippen LogP contribution >= 0.6 is 0 Å². The van der Waals surface area contributed by atoms with Crippen molar-refractivity contribution in [1.82, 2.24) is 5.32 Å². The predicted molar refractivity (Wildman–Crippen MR) is 74.9 cm³/mol. The fourth-order valence-electron chi connectivity index (χ4n) is 2.40. The zero-order valence-electron chi connectivity index (χ0n) is 11.6. The maximum Gasteiger partial charge on any atom is 0.416 e. The highest BCUT2D eigenvalue weighted by Crippen LogP contribution is 2.29. The number of hydrogen-bond acceptors (Lipinski definition) is 2. The molecule has 0 aliphatic carbocycles. The van der Waals surface area contributed by atoms with Crippen molar-refractivity contribution in [1.29, 1.82) is 0 Å². The van der Waals surface area contributed by atoms with Gasteiger partial charge in [0.05, 0.1) is 11.6 Å². The van der Waals surface area contributed by atoms with Crippen molar-refractivity contribution in [3.63, 3.8) is 0 Å². The second kappa shape index (κ2) is 6.89. The molecule has 21 heavy (non-hydrogen) atoms. The van der Waals surface area contributed by atoms with Gasteiger partial charge in [0.25, 0.3) is 0 Å². The van der Waals surface area contributed by atoms with E-state index in [1.807, 2.05) is 12.2 Å². The third-order valence-corrected chi connectivity index (χ3v) is 3.55. The highest BCUT2D eigenvalue weighted by molar-refractivity contribution is 5.84. The number of carbonyl (C=O) groups excluding carboxylic acids is 1. The molecule has 1 aromatic carbocycles. The van der Waals surface area contributed by atoms with Crippen LogP contribution < -0.4 is 5.32 Å². The summed E-state index contributed by atoms with van der Waals surface area (Å²) >= 11 is 0. The molecule has 0 spiro atoms. The van der Waals surface area contributed by atoms with Gasteiger partial charge in [-0.15, -0.1) is 0 Å². The summed E-state index contributed by atoms with van der Waals surface area (Å²) in [6.45, 7) is 0.698. The van der Waals surface area contributed by atoms with Gasteiger partial charge < -0.3 is 5.32 Å². The van der Waals surface area contributed by atoms with Crippen molar-refractivity contribution in [2.24, 2.45) is 0 Å². The third-order valence-electron chi connectivity index (χ3n) is 3.55. The minimum absolute atomic E-state index is 0.131. The first-order valence-electron chi connectivity index (χ1n) is 7.04. The molecule has 1 atom stereocenters. The summed E-state index contributed by atoms with van der Waals surface area (Å²) in [6.07, 6.45) is 1.78. The number of benzene rings is 1. The number of aryl methyl sites for hydroxylation is 1. The van der Waals surface area contributed by atoms with Gasteiger partial charge in [0.1, 0.15) is 5.78 Å². The van der Waals surface area contributed by atoms with Crippen LogP contribution in [0.2, 0.25) is 0 Å². The van der Waals surface area contributed by atoms with Crippen LogP contribution in [0.25, 0.3) is 0 Å². The topological polar surface area (TPSA) is 29.1 Å². The summed E-state index contributed by atoms with van der Waals surface area (Å²) in [6, 6.07) is 5.16. The minimum atomic E-state index is -4.32. The van der Waals surface area contributed by atoms with Crippen molar-refractivity contribution < 1.29 is 18.0 Å². The van der Waals surface area contributed by atoms with Gasteiger partial charge in [-0.2, -0.15) is 13.2 Å².